The minimum Gasteiger partial charge on any atom is -0.460 e. The van der Waals surface area contributed by atoms with Crippen molar-refractivity contribution in [3.8, 4) is 0 Å². The van der Waals surface area contributed by atoms with Crippen molar-refractivity contribution in [3.05, 3.63) is 11.9 Å². The van der Waals surface area contributed by atoms with E-state index in [-0.39, 0.29) is 23.0 Å². The van der Waals surface area contributed by atoms with Gasteiger partial charge in [-0.1, -0.05) is 30.9 Å². The number of halogens is 1. The third-order valence-corrected chi connectivity index (χ3v) is 6.87. The molecule has 148 valence electrons. The summed E-state index contributed by atoms with van der Waals surface area (Å²) in [7, 11) is 1.54. The molecule has 4 aliphatic rings. The molecule has 2 aliphatic carbocycles. The average Bonchev–Trinajstić information content (AvgIpc) is 2.99. The Morgan fingerprint density at radius 2 is 2.22 bits per heavy atom. The Morgan fingerprint density at radius 3 is 2.89 bits per heavy atom. The summed E-state index contributed by atoms with van der Waals surface area (Å²) in [5.41, 5.74) is 4.64. The first-order valence-corrected chi connectivity index (χ1v) is 10.0. The van der Waals surface area contributed by atoms with E-state index in [1.807, 2.05) is 11.1 Å². The Morgan fingerprint density at radius 1 is 1.48 bits per heavy atom. The molecular formula is C19H26ClN3O4. The lowest BCUT2D eigenvalue weighted by Crippen LogP contribution is -2.60. The second kappa shape index (κ2) is 6.78. The van der Waals surface area contributed by atoms with Gasteiger partial charge in [0.05, 0.1) is 12.5 Å². The fourth-order valence-corrected chi connectivity index (χ4v) is 5.50. The highest BCUT2D eigenvalue weighted by Gasteiger charge is 2.62. The Kier molecular flexibility index (Phi) is 4.71. The molecule has 0 aromatic heterocycles. The summed E-state index contributed by atoms with van der Waals surface area (Å²) in [6.07, 6.45) is 8.65. The number of carbonyl (C=O) groups excluding carboxylic acids is 2. The van der Waals surface area contributed by atoms with Crippen molar-refractivity contribution in [1.82, 2.24) is 4.90 Å². The number of primary amides is 1. The molecule has 2 spiro atoms. The van der Waals surface area contributed by atoms with Crippen molar-refractivity contribution < 1.29 is 19.1 Å². The Labute approximate surface area is 163 Å². The van der Waals surface area contributed by atoms with E-state index in [0.29, 0.717) is 31.6 Å². The van der Waals surface area contributed by atoms with Gasteiger partial charge in [-0.2, -0.15) is 0 Å². The average molecular weight is 396 g/mol. The van der Waals surface area contributed by atoms with E-state index < -0.39 is 17.1 Å². The largest absolute Gasteiger partial charge is 0.460 e. The first-order valence-electron chi connectivity index (χ1n) is 9.61. The van der Waals surface area contributed by atoms with E-state index in [0.717, 1.165) is 25.7 Å². The zero-order valence-electron chi connectivity index (χ0n) is 15.6. The third-order valence-electron chi connectivity index (χ3n) is 6.55. The molecule has 0 saturated heterocycles. The lowest BCUT2D eigenvalue weighted by Gasteiger charge is -2.53. The minimum absolute atomic E-state index is 0.0583. The zero-order valence-corrected chi connectivity index (χ0v) is 16.3. The molecule has 7 nitrogen and oxygen atoms in total. The number of carbonyl (C=O) groups is 2. The van der Waals surface area contributed by atoms with Gasteiger partial charge in [0.2, 0.25) is 0 Å². The number of alkyl halides is 1. The molecule has 0 aromatic rings. The monoisotopic (exact) mass is 395 g/mol. The number of amides is 1. The van der Waals surface area contributed by atoms with Crippen LogP contribution in [-0.2, 0) is 19.1 Å². The lowest BCUT2D eigenvalue weighted by molar-refractivity contribution is -0.147. The Bertz CT molecular complexity index is 716. The molecule has 2 fully saturated rings. The third kappa shape index (κ3) is 3.14. The van der Waals surface area contributed by atoms with Crippen LogP contribution in [0.3, 0.4) is 0 Å². The summed E-state index contributed by atoms with van der Waals surface area (Å²) in [6.45, 7) is 0.903. The van der Waals surface area contributed by atoms with E-state index in [4.69, 9.17) is 26.8 Å². The molecule has 0 radical (unpaired) electrons. The van der Waals surface area contributed by atoms with Crippen LogP contribution in [0.25, 0.3) is 0 Å². The number of Topliss-reactive ketones (excluding diaryl/α,β-unsaturated/α-hetero) is 1. The predicted molar refractivity (Wildman–Crippen MR) is 100 cm³/mol. The van der Waals surface area contributed by atoms with Crippen LogP contribution < -0.4 is 5.73 Å². The zero-order chi connectivity index (χ0) is 19.2. The van der Waals surface area contributed by atoms with Crippen molar-refractivity contribution in [2.75, 3.05) is 20.2 Å². The van der Waals surface area contributed by atoms with E-state index >= 15 is 0 Å². The maximum atomic E-state index is 13.3. The number of ether oxygens (including phenoxy) is 2. The fourth-order valence-electron chi connectivity index (χ4n) is 5.32. The first kappa shape index (κ1) is 18.7. The fraction of sp³-hybridized carbons (Fsp3) is 0.737. The molecule has 27 heavy (non-hydrogen) atoms. The van der Waals surface area contributed by atoms with Gasteiger partial charge in [0.25, 0.3) is 5.90 Å². The van der Waals surface area contributed by atoms with Crippen LogP contribution in [-0.4, -0.2) is 53.9 Å². The molecule has 3 atom stereocenters. The maximum Gasteiger partial charge on any atom is 0.304 e. The van der Waals surface area contributed by atoms with E-state index in [2.05, 4.69) is 4.99 Å². The lowest BCUT2D eigenvalue weighted by atomic mass is 9.56. The number of ketones is 1. The van der Waals surface area contributed by atoms with Crippen molar-refractivity contribution in [3.63, 3.8) is 0 Å². The molecule has 0 bridgehead atoms. The SMILES string of the molecule is COC(Cl)CN1C=C2N=C(C(N)=O)OC23CC2(CCCCC2)CC(=O)C3C1. The summed E-state index contributed by atoms with van der Waals surface area (Å²) >= 11 is 6.13. The number of hydrogen-bond acceptors (Lipinski definition) is 6. The molecule has 2 N–H and O–H groups in total. The molecule has 4 rings (SSSR count). The van der Waals surface area contributed by atoms with Crippen LogP contribution in [0, 0.1) is 11.3 Å². The number of rotatable bonds is 4. The Balaban J connectivity index is 1.72. The van der Waals surface area contributed by atoms with Gasteiger partial charge in [0.15, 0.2) is 5.60 Å². The molecule has 8 heteroatoms. The van der Waals surface area contributed by atoms with Gasteiger partial charge in [-0.25, -0.2) is 4.99 Å². The quantitative estimate of drug-likeness (QED) is 0.734. The summed E-state index contributed by atoms with van der Waals surface area (Å²) < 4.78 is 11.2. The molecule has 2 heterocycles. The topological polar surface area (TPSA) is 94.2 Å². The maximum absolute atomic E-state index is 13.3. The predicted octanol–water partition coefficient (Wildman–Crippen LogP) is 1.94. The van der Waals surface area contributed by atoms with Gasteiger partial charge < -0.3 is 20.1 Å². The highest BCUT2D eigenvalue weighted by Crippen LogP contribution is 2.57. The Hall–Kier alpha value is -1.60. The van der Waals surface area contributed by atoms with E-state index in [1.165, 1.54) is 6.42 Å². The van der Waals surface area contributed by atoms with Gasteiger partial charge in [-0.15, -0.1) is 0 Å². The van der Waals surface area contributed by atoms with Gasteiger partial charge in [0.1, 0.15) is 17.0 Å². The van der Waals surface area contributed by atoms with Crippen LogP contribution >= 0.6 is 11.6 Å². The van der Waals surface area contributed by atoms with Crippen molar-refractivity contribution in [1.29, 1.82) is 0 Å². The molecule has 2 aliphatic heterocycles. The first-order chi connectivity index (χ1) is 12.9. The van der Waals surface area contributed by atoms with Gasteiger partial charge >= 0.3 is 5.91 Å². The number of nitrogens with zero attached hydrogens (tertiary/aromatic N) is 2. The van der Waals surface area contributed by atoms with Crippen LogP contribution in [0.2, 0.25) is 0 Å². The van der Waals surface area contributed by atoms with Crippen molar-refractivity contribution >= 4 is 29.2 Å². The summed E-state index contributed by atoms with van der Waals surface area (Å²) in [5, 5.41) is 0. The number of nitrogens with two attached hydrogens (primary N) is 1. The normalized spacial score (nSPS) is 32.9. The second-order valence-electron chi connectivity index (χ2n) is 8.32. The highest BCUT2D eigenvalue weighted by atomic mass is 35.5. The van der Waals surface area contributed by atoms with Crippen LogP contribution in [0.15, 0.2) is 16.9 Å². The second-order valence-corrected chi connectivity index (χ2v) is 8.81. The number of hydrogen-bond donors (Lipinski definition) is 1. The van der Waals surface area contributed by atoms with E-state index in [9.17, 15) is 9.59 Å². The van der Waals surface area contributed by atoms with Crippen molar-refractivity contribution in [2.24, 2.45) is 22.1 Å². The van der Waals surface area contributed by atoms with Gasteiger partial charge in [-0.3, -0.25) is 9.59 Å². The smallest absolute Gasteiger partial charge is 0.304 e. The molecule has 1 amide bonds. The minimum atomic E-state index is -0.873. The van der Waals surface area contributed by atoms with Crippen LogP contribution in [0.5, 0.6) is 0 Å². The number of methoxy groups -OCH3 is 1. The summed E-state index contributed by atoms with van der Waals surface area (Å²) in [5.74, 6) is -0.995. The summed E-state index contributed by atoms with van der Waals surface area (Å²) in [4.78, 5) is 31.3. The molecule has 3 unspecified atom stereocenters. The highest BCUT2D eigenvalue weighted by molar-refractivity contribution is 6.35. The van der Waals surface area contributed by atoms with Crippen LogP contribution in [0.1, 0.15) is 44.9 Å². The van der Waals surface area contributed by atoms with Gasteiger partial charge in [-0.05, 0) is 24.7 Å². The molecule has 0 aromatic carbocycles. The standard InChI is InChI=1S/C19H26ClN3O4/c1-26-15(20)10-23-8-12-13(24)7-18(5-3-2-4-6-18)11-19(12)14(9-23)22-17(27-19)16(21)25/h9,12,15H,2-8,10-11H2,1H3,(H2,21,25). The van der Waals surface area contributed by atoms with Crippen molar-refractivity contribution in [2.45, 2.75) is 56.1 Å². The van der Waals surface area contributed by atoms with Gasteiger partial charge in [0, 0.05) is 26.3 Å². The number of aliphatic imine (C=N–C) groups is 1. The van der Waals surface area contributed by atoms with Crippen LogP contribution in [0.4, 0.5) is 0 Å². The molecule has 2 saturated carbocycles. The molecular weight excluding hydrogens is 370 g/mol. The van der Waals surface area contributed by atoms with E-state index in [1.54, 1.807) is 7.11 Å². The summed E-state index contributed by atoms with van der Waals surface area (Å²) in [6, 6.07) is 0.